The SMILES string of the molecule is Cn1ccnc1Sc1ccc(NC(=O)c2ccc(C(N)=S)cc2)cc1. The van der Waals surface area contributed by atoms with Crippen LogP contribution in [0.4, 0.5) is 5.69 Å². The van der Waals surface area contributed by atoms with Gasteiger partial charge in [0.25, 0.3) is 5.91 Å². The molecule has 2 aromatic carbocycles. The average Bonchev–Trinajstić information content (AvgIpc) is 3.01. The molecule has 0 radical (unpaired) electrons. The molecular formula is C18H16N4OS2. The molecule has 1 heterocycles. The number of thiocarbonyl (C=S) groups is 1. The van der Waals surface area contributed by atoms with E-state index in [-0.39, 0.29) is 5.91 Å². The van der Waals surface area contributed by atoms with E-state index in [1.807, 2.05) is 42.1 Å². The number of carbonyl (C=O) groups excluding carboxylic acids is 1. The summed E-state index contributed by atoms with van der Waals surface area (Å²) in [6.07, 6.45) is 3.67. The van der Waals surface area contributed by atoms with Gasteiger partial charge in [-0.3, -0.25) is 4.79 Å². The van der Waals surface area contributed by atoms with Gasteiger partial charge in [0.15, 0.2) is 5.16 Å². The van der Waals surface area contributed by atoms with Gasteiger partial charge < -0.3 is 15.6 Å². The number of benzene rings is 2. The Morgan fingerprint density at radius 3 is 2.32 bits per heavy atom. The minimum atomic E-state index is -0.181. The van der Waals surface area contributed by atoms with Crippen LogP contribution in [0.25, 0.3) is 0 Å². The van der Waals surface area contributed by atoms with Gasteiger partial charge in [0, 0.05) is 41.2 Å². The Morgan fingerprint density at radius 1 is 1.12 bits per heavy atom. The van der Waals surface area contributed by atoms with E-state index >= 15 is 0 Å². The van der Waals surface area contributed by atoms with Gasteiger partial charge in [-0.05, 0) is 36.4 Å². The van der Waals surface area contributed by atoms with Gasteiger partial charge in [-0.1, -0.05) is 36.1 Å². The highest BCUT2D eigenvalue weighted by molar-refractivity contribution is 7.99. The summed E-state index contributed by atoms with van der Waals surface area (Å²) < 4.78 is 1.96. The number of anilines is 1. The van der Waals surface area contributed by atoms with Crippen LogP contribution in [-0.2, 0) is 7.05 Å². The van der Waals surface area contributed by atoms with Crippen LogP contribution < -0.4 is 11.1 Å². The van der Waals surface area contributed by atoms with Crippen molar-refractivity contribution in [3.63, 3.8) is 0 Å². The number of nitrogens with zero attached hydrogens (tertiary/aromatic N) is 2. The number of rotatable bonds is 5. The number of carbonyl (C=O) groups is 1. The summed E-state index contributed by atoms with van der Waals surface area (Å²) >= 11 is 6.47. The molecule has 3 aromatic rings. The number of nitrogens with one attached hydrogen (secondary N) is 1. The monoisotopic (exact) mass is 368 g/mol. The molecule has 0 aliphatic carbocycles. The van der Waals surface area contributed by atoms with Crippen molar-refractivity contribution in [1.29, 1.82) is 0 Å². The van der Waals surface area contributed by atoms with Crippen LogP contribution in [0.15, 0.2) is 71.0 Å². The minimum absolute atomic E-state index is 0.181. The van der Waals surface area contributed by atoms with Gasteiger partial charge in [0.05, 0.1) is 0 Å². The molecule has 0 unspecified atom stereocenters. The fraction of sp³-hybridized carbons (Fsp3) is 0.0556. The Bertz CT molecular complexity index is 902. The number of imidazole rings is 1. The van der Waals surface area contributed by atoms with Crippen LogP contribution >= 0.6 is 24.0 Å². The molecule has 25 heavy (non-hydrogen) atoms. The van der Waals surface area contributed by atoms with E-state index in [1.54, 1.807) is 42.2 Å². The first-order valence-electron chi connectivity index (χ1n) is 7.49. The summed E-state index contributed by atoms with van der Waals surface area (Å²) in [5.41, 5.74) is 7.57. The fourth-order valence-corrected chi connectivity index (χ4v) is 3.09. The van der Waals surface area contributed by atoms with E-state index in [1.165, 1.54) is 0 Å². The highest BCUT2D eigenvalue weighted by atomic mass is 32.2. The van der Waals surface area contributed by atoms with Crippen LogP contribution in [-0.4, -0.2) is 20.4 Å². The summed E-state index contributed by atoms with van der Waals surface area (Å²) in [4.78, 5) is 17.9. The molecule has 0 atom stereocenters. The second kappa shape index (κ2) is 7.50. The van der Waals surface area contributed by atoms with Crippen molar-refractivity contribution in [2.24, 2.45) is 12.8 Å². The van der Waals surface area contributed by atoms with E-state index in [9.17, 15) is 4.79 Å². The number of nitrogens with two attached hydrogens (primary N) is 1. The van der Waals surface area contributed by atoms with Crippen LogP contribution in [0.5, 0.6) is 0 Å². The van der Waals surface area contributed by atoms with Crippen LogP contribution in [0.2, 0.25) is 0 Å². The molecule has 0 fully saturated rings. The third-order valence-electron chi connectivity index (χ3n) is 3.53. The molecule has 3 N–H and O–H groups in total. The summed E-state index contributed by atoms with van der Waals surface area (Å²) in [5.74, 6) is -0.181. The second-order valence-electron chi connectivity index (χ2n) is 5.34. The second-order valence-corrected chi connectivity index (χ2v) is 6.82. The molecule has 7 heteroatoms. The predicted molar refractivity (Wildman–Crippen MR) is 104 cm³/mol. The largest absolute Gasteiger partial charge is 0.389 e. The number of amides is 1. The van der Waals surface area contributed by atoms with Gasteiger partial charge in [-0.2, -0.15) is 0 Å². The Morgan fingerprint density at radius 2 is 1.76 bits per heavy atom. The van der Waals surface area contributed by atoms with Gasteiger partial charge in [0.2, 0.25) is 0 Å². The van der Waals surface area contributed by atoms with Crippen LogP contribution in [0.1, 0.15) is 15.9 Å². The summed E-state index contributed by atoms with van der Waals surface area (Å²) in [6.45, 7) is 0. The average molecular weight is 368 g/mol. The van der Waals surface area contributed by atoms with Gasteiger partial charge in [-0.15, -0.1) is 0 Å². The van der Waals surface area contributed by atoms with E-state index in [2.05, 4.69) is 10.3 Å². The van der Waals surface area contributed by atoms with E-state index in [0.29, 0.717) is 10.6 Å². The zero-order chi connectivity index (χ0) is 17.8. The maximum absolute atomic E-state index is 12.3. The standard InChI is InChI=1S/C18H16N4OS2/c1-22-11-10-20-18(22)25-15-8-6-14(7-9-15)21-17(23)13-4-2-12(3-5-13)16(19)24/h2-11H,1H3,(H2,19,24)(H,21,23). The molecule has 0 aliphatic heterocycles. The first-order chi connectivity index (χ1) is 12.0. The minimum Gasteiger partial charge on any atom is -0.389 e. The molecule has 0 saturated heterocycles. The van der Waals surface area contributed by atoms with Gasteiger partial charge >= 0.3 is 0 Å². The lowest BCUT2D eigenvalue weighted by Crippen LogP contribution is -2.13. The zero-order valence-corrected chi connectivity index (χ0v) is 15.1. The van der Waals surface area contributed by atoms with E-state index in [0.717, 1.165) is 21.3 Å². The lowest BCUT2D eigenvalue weighted by atomic mass is 10.1. The maximum atomic E-state index is 12.3. The Hall–Kier alpha value is -2.64. The van der Waals surface area contributed by atoms with Crippen molar-refractivity contribution < 1.29 is 4.79 Å². The van der Waals surface area contributed by atoms with Crippen LogP contribution in [0.3, 0.4) is 0 Å². The lowest BCUT2D eigenvalue weighted by molar-refractivity contribution is 0.102. The third kappa shape index (κ3) is 4.26. The smallest absolute Gasteiger partial charge is 0.255 e. The van der Waals surface area contributed by atoms with Crippen molar-refractivity contribution in [3.05, 3.63) is 72.1 Å². The van der Waals surface area contributed by atoms with E-state index < -0.39 is 0 Å². The van der Waals surface area contributed by atoms with E-state index in [4.69, 9.17) is 18.0 Å². The van der Waals surface area contributed by atoms with Gasteiger partial charge in [-0.25, -0.2) is 4.98 Å². The van der Waals surface area contributed by atoms with Crippen molar-refractivity contribution in [1.82, 2.24) is 9.55 Å². The third-order valence-corrected chi connectivity index (χ3v) is 4.85. The number of aromatic nitrogens is 2. The predicted octanol–water partition coefficient (Wildman–Crippen LogP) is 3.46. The fourth-order valence-electron chi connectivity index (χ4n) is 2.15. The topological polar surface area (TPSA) is 72.9 Å². The molecule has 0 bridgehead atoms. The summed E-state index contributed by atoms with van der Waals surface area (Å²) in [5, 5.41) is 3.78. The lowest BCUT2D eigenvalue weighted by Gasteiger charge is -2.07. The Balaban J connectivity index is 1.65. The highest BCUT2D eigenvalue weighted by Crippen LogP contribution is 2.26. The van der Waals surface area contributed by atoms with Crippen molar-refractivity contribution >= 4 is 40.6 Å². The van der Waals surface area contributed by atoms with Crippen molar-refractivity contribution in [3.8, 4) is 0 Å². The summed E-state index contributed by atoms with van der Waals surface area (Å²) in [6, 6.07) is 14.5. The summed E-state index contributed by atoms with van der Waals surface area (Å²) in [7, 11) is 1.95. The molecule has 5 nitrogen and oxygen atoms in total. The number of hydrogen-bond donors (Lipinski definition) is 2. The molecule has 1 aromatic heterocycles. The molecule has 0 spiro atoms. The first-order valence-corrected chi connectivity index (χ1v) is 8.72. The molecule has 3 rings (SSSR count). The first kappa shape index (κ1) is 17.2. The van der Waals surface area contributed by atoms with Crippen molar-refractivity contribution in [2.75, 3.05) is 5.32 Å². The molecule has 1 amide bonds. The number of aryl methyl sites for hydroxylation is 1. The molecular weight excluding hydrogens is 352 g/mol. The Kier molecular flexibility index (Phi) is 5.16. The molecule has 0 saturated carbocycles. The quantitative estimate of drug-likeness (QED) is 0.675. The molecule has 0 aliphatic rings. The van der Waals surface area contributed by atoms with Crippen LogP contribution in [0, 0.1) is 0 Å². The van der Waals surface area contributed by atoms with Crippen molar-refractivity contribution in [2.45, 2.75) is 10.1 Å². The van der Waals surface area contributed by atoms with Gasteiger partial charge in [0.1, 0.15) is 4.99 Å². The maximum Gasteiger partial charge on any atom is 0.255 e. The Labute approximate surface area is 155 Å². The highest BCUT2D eigenvalue weighted by Gasteiger charge is 2.07. The number of hydrogen-bond acceptors (Lipinski definition) is 4. The normalized spacial score (nSPS) is 10.4. The molecule has 126 valence electrons. The zero-order valence-electron chi connectivity index (χ0n) is 13.5.